The van der Waals surface area contributed by atoms with Gasteiger partial charge in [-0.1, -0.05) is 50.6 Å². The molecular weight excluding hydrogens is 390 g/mol. The minimum absolute atomic E-state index is 0.0178. The lowest BCUT2D eigenvalue weighted by atomic mass is 9.97. The highest BCUT2D eigenvalue weighted by Crippen LogP contribution is 2.15. The molecule has 3 rings (SSSR count). The van der Waals surface area contributed by atoms with E-state index in [4.69, 9.17) is 0 Å². The van der Waals surface area contributed by atoms with E-state index in [2.05, 4.69) is 10.6 Å². The van der Waals surface area contributed by atoms with Crippen molar-refractivity contribution in [2.45, 2.75) is 45.7 Å². The highest BCUT2D eigenvalue weighted by molar-refractivity contribution is 5.97. The molecule has 1 aliphatic heterocycles. The van der Waals surface area contributed by atoms with Crippen LogP contribution in [-0.4, -0.2) is 41.8 Å². The van der Waals surface area contributed by atoms with Gasteiger partial charge in [-0.25, -0.2) is 0 Å². The maximum atomic E-state index is 12.9. The Hall–Kier alpha value is -3.15. The van der Waals surface area contributed by atoms with E-state index in [0.717, 1.165) is 37.9 Å². The van der Waals surface area contributed by atoms with E-state index < -0.39 is 6.04 Å². The average molecular weight is 422 g/mol. The van der Waals surface area contributed by atoms with Gasteiger partial charge in [0.25, 0.3) is 11.8 Å². The number of nitrogens with zero attached hydrogens (tertiary/aromatic N) is 1. The van der Waals surface area contributed by atoms with E-state index >= 15 is 0 Å². The topological polar surface area (TPSA) is 78.5 Å². The van der Waals surface area contributed by atoms with Gasteiger partial charge in [-0.2, -0.15) is 0 Å². The molecule has 31 heavy (non-hydrogen) atoms. The molecule has 3 amide bonds. The predicted molar refractivity (Wildman–Crippen MR) is 121 cm³/mol. The van der Waals surface area contributed by atoms with Gasteiger partial charge in [-0.05, 0) is 48.6 Å². The number of hydrogen-bond donors (Lipinski definition) is 2. The molecular formula is C25H31N3O3. The van der Waals surface area contributed by atoms with E-state index in [0.29, 0.717) is 17.7 Å². The maximum absolute atomic E-state index is 12.9. The lowest BCUT2D eigenvalue weighted by Crippen LogP contribution is -2.50. The first-order valence-corrected chi connectivity index (χ1v) is 11.0. The van der Waals surface area contributed by atoms with Gasteiger partial charge < -0.3 is 15.5 Å². The first kappa shape index (κ1) is 22.5. The fraction of sp³-hybridized carbons (Fsp3) is 0.400. The Balaban J connectivity index is 1.63. The monoisotopic (exact) mass is 421 g/mol. The minimum atomic E-state index is -0.632. The van der Waals surface area contributed by atoms with Crippen LogP contribution in [-0.2, 0) is 11.3 Å². The van der Waals surface area contributed by atoms with Gasteiger partial charge in [-0.15, -0.1) is 0 Å². The van der Waals surface area contributed by atoms with Crippen LogP contribution in [0.15, 0.2) is 54.6 Å². The molecule has 1 fully saturated rings. The molecule has 0 saturated carbocycles. The summed E-state index contributed by atoms with van der Waals surface area (Å²) in [7, 11) is 0. The SMILES string of the molecule is CCC(C)C(NC(=O)c1ccccc1)C(=O)NCc1cccc(C(=O)N2CCCC2)c1. The second-order valence-corrected chi connectivity index (χ2v) is 8.12. The van der Waals surface area contributed by atoms with Crippen molar-refractivity contribution in [3.8, 4) is 0 Å². The Morgan fingerprint density at radius 3 is 2.32 bits per heavy atom. The summed E-state index contributed by atoms with van der Waals surface area (Å²) in [4.78, 5) is 40.0. The summed E-state index contributed by atoms with van der Waals surface area (Å²) in [5, 5.41) is 5.80. The Bertz CT molecular complexity index is 907. The smallest absolute Gasteiger partial charge is 0.253 e. The van der Waals surface area contributed by atoms with Crippen molar-refractivity contribution in [3.05, 3.63) is 71.3 Å². The normalized spacial score (nSPS) is 15.2. The lowest BCUT2D eigenvalue weighted by molar-refractivity contribution is -0.124. The summed E-state index contributed by atoms with van der Waals surface area (Å²) < 4.78 is 0. The van der Waals surface area contributed by atoms with Crippen molar-refractivity contribution >= 4 is 17.7 Å². The number of nitrogens with one attached hydrogen (secondary N) is 2. The van der Waals surface area contributed by atoms with Crippen molar-refractivity contribution in [2.75, 3.05) is 13.1 Å². The number of amides is 3. The molecule has 164 valence electrons. The van der Waals surface area contributed by atoms with Gasteiger partial charge in [0.1, 0.15) is 6.04 Å². The van der Waals surface area contributed by atoms with E-state index in [1.165, 1.54) is 0 Å². The van der Waals surface area contributed by atoms with Crippen molar-refractivity contribution in [3.63, 3.8) is 0 Å². The molecule has 0 spiro atoms. The quantitative estimate of drug-likeness (QED) is 0.686. The van der Waals surface area contributed by atoms with Crippen molar-refractivity contribution in [2.24, 2.45) is 5.92 Å². The molecule has 1 saturated heterocycles. The zero-order chi connectivity index (χ0) is 22.2. The second kappa shape index (κ2) is 10.8. The van der Waals surface area contributed by atoms with Crippen LogP contribution in [0, 0.1) is 5.92 Å². The summed E-state index contributed by atoms with van der Waals surface area (Å²) in [5.74, 6) is -0.469. The van der Waals surface area contributed by atoms with Crippen LogP contribution in [0.25, 0.3) is 0 Å². The minimum Gasteiger partial charge on any atom is -0.350 e. The van der Waals surface area contributed by atoms with Crippen LogP contribution in [0.4, 0.5) is 0 Å². The summed E-state index contributed by atoms with van der Waals surface area (Å²) in [6.45, 7) is 5.85. The Morgan fingerprint density at radius 2 is 1.65 bits per heavy atom. The molecule has 2 unspecified atom stereocenters. The molecule has 6 nitrogen and oxygen atoms in total. The third kappa shape index (κ3) is 5.94. The number of benzene rings is 2. The molecule has 0 radical (unpaired) electrons. The van der Waals surface area contributed by atoms with Crippen LogP contribution < -0.4 is 10.6 Å². The molecule has 6 heteroatoms. The molecule has 0 aliphatic carbocycles. The van der Waals surface area contributed by atoms with Gasteiger partial charge in [0, 0.05) is 30.8 Å². The van der Waals surface area contributed by atoms with E-state index in [1.54, 1.807) is 24.3 Å². The van der Waals surface area contributed by atoms with Crippen LogP contribution in [0.3, 0.4) is 0 Å². The van der Waals surface area contributed by atoms with Crippen molar-refractivity contribution < 1.29 is 14.4 Å². The summed E-state index contributed by atoms with van der Waals surface area (Å²) in [6, 6.07) is 15.6. The van der Waals surface area contributed by atoms with Gasteiger partial charge in [0.05, 0.1) is 0 Å². The number of hydrogen-bond acceptors (Lipinski definition) is 3. The summed E-state index contributed by atoms with van der Waals surface area (Å²) >= 11 is 0. The fourth-order valence-corrected chi connectivity index (χ4v) is 3.73. The number of carbonyl (C=O) groups is 3. The molecule has 2 N–H and O–H groups in total. The number of carbonyl (C=O) groups excluding carboxylic acids is 3. The number of rotatable bonds is 8. The molecule has 2 aromatic carbocycles. The first-order valence-electron chi connectivity index (χ1n) is 11.0. The maximum Gasteiger partial charge on any atom is 0.253 e. The van der Waals surface area contributed by atoms with Gasteiger partial charge in [-0.3, -0.25) is 14.4 Å². The molecule has 2 atom stereocenters. The Kier molecular flexibility index (Phi) is 7.82. The molecule has 0 aromatic heterocycles. The Labute approximate surface area is 184 Å². The molecule has 1 aliphatic rings. The highest BCUT2D eigenvalue weighted by atomic mass is 16.2. The van der Waals surface area contributed by atoms with E-state index in [9.17, 15) is 14.4 Å². The van der Waals surface area contributed by atoms with Crippen LogP contribution in [0.5, 0.6) is 0 Å². The third-order valence-corrected chi connectivity index (χ3v) is 5.85. The van der Waals surface area contributed by atoms with Crippen LogP contribution in [0.2, 0.25) is 0 Å². The molecule has 1 heterocycles. The predicted octanol–water partition coefficient (Wildman–Crippen LogP) is 3.38. The van der Waals surface area contributed by atoms with Crippen LogP contribution in [0.1, 0.15) is 59.4 Å². The first-order chi connectivity index (χ1) is 15.0. The highest BCUT2D eigenvalue weighted by Gasteiger charge is 2.26. The van der Waals surface area contributed by atoms with E-state index in [-0.39, 0.29) is 23.6 Å². The molecule has 2 aromatic rings. The standard InChI is InChI=1S/C25H31N3O3/c1-3-18(2)22(27-23(29)20-11-5-4-6-12-20)24(30)26-17-19-10-9-13-21(16-19)25(31)28-14-7-8-15-28/h4-6,9-13,16,18,22H,3,7-8,14-15,17H2,1-2H3,(H,26,30)(H,27,29). The zero-order valence-corrected chi connectivity index (χ0v) is 18.3. The van der Waals surface area contributed by atoms with Crippen molar-refractivity contribution in [1.82, 2.24) is 15.5 Å². The number of likely N-dealkylation sites (tertiary alicyclic amines) is 1. The summed E-state index contributed by atoms with van der Waals surface area (Å²) in [5.41, 5.74) is 2.02. The Morgan fingerprint density at radius 1 is 0.968 bits per heavy atom. The largest absolute Gasteiger partial charge is 0.350 e. The second-order valence-electron chi connectivity index (χ2n) is 8.12. The van der Waals surface area contributed by atoms with E-state index in [1.807, 2.05) is 49.1 Å². The fourth-order valence-electron chi connectivity index (χ4n) is 3.73. The van der Waals surface area contributed by atoms with Gasteiger partial charge >= 0.3 is 0 Å². The van der Waals surface area contributed by atoms with Gasteiger partial charge in [0.15, 0.2) is 0 Å². The van der Waals surface area contributed by atoms with Crippen molar-refractivity contribution in [1.29, 1.82) is 0 Å². The van der Waals surface area contributed by atoms with Gasteiger partial charge in [0.2, 0.25) is 5.91 Å². The lowest BCUT2D eigenvalue weighted by Gasteiger charge is -2.23. The average Bonchev–Trinajstić information content (AvgIpc) is 3.35. The third-order valence-electron chi connectivity index (χ3n) is 5.85. The zero-order valence-electron chi connectivity index (χ0n) is 18.3. The summed E-state index contributed by atoms with van der Waals surface area (Å²) in [6.07, 6.45) is 2.85. The molecule has 0 bridgehead atoms. The van der Waals surface area contributed by atoms with Crippen LogP contribution >= 0.6 is 0 Å².